The largest absolute Gasteiger partial charge is 0.486 e. The Labute approximate surface area is 102 Å². The summed E-state index contributed by atoms with van der Waals surface area (Å²) in [6.45, 7) is 4.83. The van der Waals surface area contributed by atoms with Gasteiger partial charge in [0.1, 0.15) is 13.2 Å². The van der Waals surface area contributed by atoms with E-state index in [4.69, 9.17) is 9.47 Å². The summed E-state index contributed by atoms with van der Waals surface area (Å²) in [5, 5.41) is 10.0. The molecule has 0 spiro atoms. The first kappa shape index (κ1) is 12.0. The van der Waals surface area contributed by atoms with Crippen LogP contribution in [-0.2, 0) is 0 Å². The van der Waals surface area contributed by atoms with Crippen molar-refractivity contribution in [3.05, 3.63) is 36.4 Å². The van der Waals surface area contributed by atoms with Crippen LogP contribution >= 0.6 is 0 Å². The molecule has 1 N–H and O–H groups in total. The van der Waals surface area contributed by atoms with Crippen LogP contribution < -0.4 is 9.47 Å². The SMILES string of the molecule is C=CCCCC(O)c1ccc2c(c1)OCCO2. The van der Waals surface area contributed by atoms with Gasteiger partial charge in [0.05, 0.1) is 6.10 Å². The molecule has 1 aliphatic heterocycles. The maximum Gasteiger partial charge on any atom is 0.161 e. The van der Waals surface area contributed by atoms with E-state index in [1.807, 2.05) is 24.3 Å². The molecule has 0 saturated carbocycles. The lowest BCUT2D eigenvalue weighted by Crippen LogP contribution is -2.15. The predicted molar refractivity (Wildman–Crippen MR) is 66.4 cm³/mol. The van der Waals surface area contributed by atoms with Crippen LogP contribution in [0.25, 0.3) is 0 Å². The first-order valence-corrected chi connectivity index (χ1v) is 6.00. The van der Waals surface area contributed by atoms with Crippen LogP contribution in [0.4, 0.5) is 0 Å². The molecule has 1 aromatic carbocycles. The van der Waals surface area contributed by atoms with Crippen LogP contribution in [0.3, 0.4) is 0 Å². The van der Waals surface area contributed by atoms with Gasteiger partial charge in [-0.25, -0.2) is 0 Å². The smallest absolute Gasteiger partial charge is 0.161 e. The average Bonchev–Trinajstić information content (AvgIpc) is 2.38. The Balaban J connectivity index is 2.02. The minimum atomic E-state index is -0.439. The van der Waals surface area contributed by atoms with Crippen LogP contribution in [0.2, 0.25) is 0 Å². The molecule has 1 atom stereocenters. The Bertz CT molecular complexity index is 387. The Kier molecular flexibility index (Phi) is 4.04. The van der Waals surface area contributed by atoms with E-state index in [2.05, 4.69) is 6.58 Å². The van der Waals surface area contributed by atoms with Crippen molar-refractivity contribution in [2.45, 2.75) is 25.4 Å². The molecule has 0 radical (unpaired) electrons. The molecule has 3 heteroatoms. The highest BCUT2D eigenvalue weighted by Gasteiger charge is 2.14. The minimum absolute atomic E-state index is 0.439. The first-order valence-electron chi connectivity index (χ1n) is 6.00. The standard InChI is InChI=1S/C14H18O3/c1-2-3-4-5-12(15)11-6-7-13-14(10-11)17-9-8-16-13/h2,6-7,10,12,15H,1,3-5,8-9H2. The molecule has 0 bridgehead atoms. The summed E-state index contributed by atoms with van der Waals surface area (Å²) in [6, 6.07) is 5.62. The van der Waals surface area contributed by atoms with Crippen LogP contribution in [-0.4, -0.2) is 18.3 Å². The summed E-state index contributed by atoms with van der Waals surface area (Å²) >= 11 is 0. The molecule has 17 heavy (non-hydrogen) atoms. The number of fused-ring (bicyclic) bond motifs is 1. The van der Waals surface area contributed by atoms with Gasteiger partial charge in [0.2, 0.25) is 0 Å². The van der Waals surface area contributed by atoms with E-state index in [0.29, 0.717) is 13.2 Å². The Morgan fingerprint density at radius 2 is 2.06 bits per heavy atom. The number of aliphatic hydroxyl groups excluding tert-OH is 1. The Morgan fingerprint density at radius 1 is 1.29 bits per heavy atom. The van der Waals surface area contributed by atoms with Gasteiger partial charge in [0.15, 0.2) is 11.5 Å². The third kappa shape index (κ3) is 3.01. The molecule has 1 aromatic rings. The van der Waals surface area contributed by atoms with Crippen LogP contribution in [0.1, 0.15) is 30.9 Å². The van der Waals surface area contributed by atoms with Crippen molar-refractivity contribution in [2.75, 3.05) is 13.2 Å². The second kappa shape index (κ2) is 5.73. The van der Waals surface area contributed by atoms with E-state index >= 15 is 0 Å². The highest BCUT2D eigenvalue weighted by atomic mass is 16.6. The van der Waals surface area contributed by atoms with Crippen molar-refractivity contribution in [1.82, 2.24) is 0 Å². The van der Waals surface area contributed by atoms with E-state index in [1.165, 1.54) is 0 Å². The zero-order valence-electron chi connectivity index (χ0n) is 9.89. The lowest BCUT2D eigenvalue weighted by molar-refractivity contribution is 0.158. The molecule has 2 rings (SSSR count). The topological polar surface area (TPSA) is 38.7 Å². The molecule has 1 heterocycles. The number of rotatable bonds is 5. The number of ether oxygens (including phenoxy) is 2. The van der Waals surface area contributed by atoms with Gasteiger partial charge in [-0.1, -0.05) is 12.1 Å². The van der Waals surface area contributed by atoms with E-state index in [-0.39, 0.29) is 0 Å². The molecule has 0 aromatic heterocycles. The molecule has 0 aliphatic carbocycles. The van der Waals surface area contributed by atoms with Gasteiger partial charge in [0, 0.05) is 0 Å². The number of hydrogen-bond acceptors (Lipinski definition) is 3. The summed E-state index contributed by atoms with van der Waals surface area (Å²) in [7, 11) is 0. The van der Waals surface area contributed by atoms with Crippen molar-refractivity contribution in [3.8, 4) is 11.5 Å². The third-order valence-corrected chi connectivity index (χ3v) is 2.84. The second-order valence-corrected chi connectivity index (χ2v) is 4.14. The fourth-order valence-electron chi connectivity index (χ4n) is 1.89. The highest BCUT2D eigenvalue weighted by Crippen LogP contribution is 2.33. The van der Waals surface area contributed by atoms with Crippen LogP contribution in [0, 0.1) is 0 Å². The van der Waals surface area contributed by atoms with Crippen molar-refractivity contribution < 1.29 is 14.6 Å². The van der Waals surface area contributed by atoms with Gasteiger partial charge in [-0.3, -0.25) is 0 Å². The van der Waals surface area contributed by atoms with Gasteiger partial charge in [-0.15, -0.1) is 6.58 Å². The number of unbranched alkanes of at least 4 members (excludes halogenated alkanes) is 1. The van der Waals surface area contributed by atoms with Gasteiger partial charge in [0.25, 0.3) is 0 Å². The number of hydrogen-bond donors (Lipinski definition) is 1. The summed E-state index contributed by atoms with van der Waals surface area (Å²) < 4.78 is 10.9. The first-order chi connectivity index (χ1) is 8.31. The lowest BCUT2D eigenvalue weighted by Gasteiger charge is -2.20. The lowest BCUT2D eigenvalue weighted by atomic mass is 10.0. The molecule has 1 unspecified atom stereocenters. The van der Waals surface area contributed by atoms with Gasteiger partial charge >= 0.3 is 0 Å². The van der Waals surface area contributed by atoms with Gasteiger partial charge in [-0.05, 0) is 37.0 Å². The molecular formula is C14H18O3. The zero-order valence-corrected chi connectivity index (χ0v) is 9.89. The third-order valence-electron chi connectivity index (χ3n) is 2.84. The monoisotopic (exact) mass is 234 g/mol. The van der Waals surface area contributed by atoms with E-state index in [9.17, 15) is 5.11 Å². The average molecular weight is 234 g/mol. The highest BCUT2D eigenvalue weighted by molar-refractivity contribution is 5.44. The van der Waals surface area contributed by atoms with Gasteiger partial charge in [-0.2, -0.15) is 0 Å². The van der Waals surface area contributed by atoms with E-state index in [1.54, 1.807) is 0 Å². The fraction of sp³-hybridized carbons (Fsp3) is 0.429. The summed E-state index contributed by atoms with van der Waals surface area (Å²) in [5.41, 5.74) is 0.887. The van der Waals surface area contributed by atoms with Crippen LogP contribution in [0.5, 0.6) is 11.5 Å². The molecular weight excluding hydrogens is 216 g/mol. The number of allylic oxidation sites excluding steroid dienone is 1. The van der Waals surface area contributed by atoms with E-state index in [0.717, 1.165) is 36.3 Å². The number of benzene rings is 1. The fourth-order valence-corrected chi connectivity index (χ4v) is 1.89. The van der Waals surface area contributed by atoms with Gasteiger partial charge < -0.3 is 14.6 Å². The normalized spacial score (nSPS) is 15.4. The Morgan fingerprint density at radius 3 is 2.82 bits per heavy atom. The second-order valence-electron chi connectivity index (χ2n) is 4.14. The van der Waals surface area contributed by atoms with Crippen molar-refractivity contribution in [3.63, 3.8) is 0 Å². The van der Waals surface area contributed by atoms with Crippen molar-refractivity contribution >= 4 is 0 Å². The molecule has 0 saturated heterocycles. The quantitative estimate of drug-likeness (QED) is 0.629. The van der Waals surface area contributed by atoms with Crippen LogP contribution in [0.15, 0.2) is 30.9 Å². The number of aliphatic hydroxyl groups is 1. The molecule has 0 amide bonds. The molecule has 3 nitrogen and oxygen atoms in total. The summed E-state index contributed by atoms with van der Waals surface area (Å²) in [4.78, 5) is 0. The van der Waals surface area contributed by atoms with E-state index < -0.39 is 6.10 Å². The molecule has 0 fully saturated rings. The maximum absolute atomic E-state index is 10.0. The predicted octanol–water partition coefficient (Wildman–Crippen LogP) is 2.85. The summed E-state index contributed by atoms with van der Waals surface area (Å²) in [6.07, 6.45) is 4.05. The van der Waals surface area contributed by atoms with Crippen molar-refractivity contribution in [1.29, 1.82) is 0 Å². The molecule has 1 aliphatic rings. The zero-order chi connectivity index (χ0) is 12.1. The van der Waals surface area contributed by atoms with Crippen molar-refractivity contribution in [2.24, 2.45) is 0 Å². The Hall–Kier alpha value is -1.48. The molecule has 92 valence electrons. The summed E-state index contributed by atoms with van der Waals surface area (Å²) in [5.74, 6) is 1.50. The maximum atomic E-state index is 10.0. The minimum Gasteiger partial charge on any atom is -0.486 e.